The van der Waals surface area contributed by atoms with E-state index in [1.54, 1.807) is 0 Å². The van der Waals surface area contributed by atoms with Crippen molar-refractivity contribution in [2.45, 2.75) is 31.6 Å². The third-order valence-electron chi connectivity index (χ3n) is 10.0. The van der Waals surface area contributed by atoms with Gasteiger partial charge in [-0.3, -0.25) is 14.5 Å². The first-order valence-corrected chi connectivity index (χ1v) is 16.5. The molecule has 0 saturated carbocycles. The molecule has 0 spiro atoms. The van der Waals surface area contributed by atoms with Crippen LogP contribution in [-0.2, 0) is 10.8 Å². The van der Waals surface area contributed by atoms with Gasteiger partial charge in [-0.25, -0.2) is 4.98 Å². The third kappa shape index (κ3) is 4.08. The quantitative estimate of drug-likeness (QED) is 0.196. The van der Waals surface area contributed by atoms with Gasteiger partial charge in [-0.05, 0) is 87.3 Å². The van der Waals surface area contributed by atoms with Crippen molar-refractivity contribution in [2.75, 3.05) is 18.6 Å². The van der Waals surface area contributed by atoms with Crippen LogP contribution in [0.25, 0.3) is 39.0 Å². The van der Waals surface area contributed by atoms with E-state index in [1.807, 2.05) is 24.5 Å². The molecule has 6 heteroatoms. The van der Waals surface area contributed by atoms with E-state index in [1.165, 1.54) is 33.4 Å². The number of rotatable bonds is 4. The lowest BCUT2D eigenvalue weighted by Crippen LogP contribution is -2.31. The molecule has 0 fully saturated rings. The van der Waals surface area contributed by atoms with Gasteiger partial charge >= 0.3 is 0 Å². The van der Waals surface area contributed by atoms with Crippen molar-refractivity contribution in [3.8, 4) is 16.9 Å². The molecule has 0 N–H and O–H groups in total. The summed E-state index contributed by atoms with van der Waals surface area (Å²) >= 11 is 0. The summed E-state index contributed by atoms with van der Waals surface area (Å²) in [5, 5.41) is 0. The fraction of sp³-hybridized carbons (Fsp3) is 0.167. The molecule has 0 bridgehead atoms. The van der Waals surface area contributed by atoms with Gasteiger partial charge in [-0.15, -0.1) is 0 Å². The Bertz CT molecular complexity index is 2310. The maximum absolute atomic E-state index is 5.73. The number of nitrogens with zero attached hydrogens (tertiary/aromatic N) is 6. The molecular weight excluding hydrogens is 589 g/mol. The maximum Gasteiger partial charge on any atom is 0.138 e. The minimum absolute atomic E-state index is 0.146. The molecule has 4 aromatic heterocycles. The Hall–Kier alpha value is -5.75. The molecule has 1 aliphatic heterocycles. The van der Waals surface area contributed by atoms with Crippen LogP contribution in [0.2, 0.25) is 0 Å². The highest BCUT2D eigenvalue weighted by Gasteiger charge is 2.48. The zero-order valence-electron chi connectivity index (χ0n) is 27.6. The lowest BCUT2D eigenvalue weighted by Gasteiger charge is -2.35. The predicted molar refractivity (Wildman–Crippen MR) is 194 cm³/mol. The highest BCUT2D eigenvalue weighted by atomic mass is 15.3. The molecule has 0 radical (unpaired) electrons. The van der Waals surface area contributed by atoms with Crippen LogP contribution in [0.1, 0.15) is 48.7 Å². The predicted octanol–water partition coefficient (Wildman–Crippen LogP) is 8.81. The van der Waals surface area contributed by atoms with Gasteiger partial charge in [0.1, 0.15) is 16.9 Å². The van der Waals surface area contributed by atoms with Gasteiger partial charge < -0.3 is 9.80 Å². The fourth-order valence-electron chi connectivity index (χ4n) is 7.74. The first kappa shape index (κ1) is 28.5. The van der Waals surface area contributed by atoms with Crippen molar-refractivity contribution in [3.05, 3.63) is 162 Å². The Morgan fingerprint density at radius 1 is 0.667 bits per heavy atom. The van der Waals surface area contributed by atoms with Gasteiger partial charge in [0.15, 0.2) is 0 Å². The lowest BCUT2D eigenvalue weighted by molar-refractivity contribution is 0.495. The maximum atomic E-state index is 5.73. The van der Waals surface area contributed by atoms with Crippen LogP contribution < -0.4 is 4.90 Å². The molecule has 234 valence electrons. The molecule has 1 aliphatic carbocycles. The highest BCUT2D eigenvalue weighted by molar-refractivity contribution is 6.04. The number of hydrogen-bond acceptors (Lipinski definition) is 5. The van der Waals surface area contributed by atoms with Crippen LogP contribution in [-0.4, -0.2) is 38.1 Å². The minimum Gasteiger partial charge on any atom is -0.361 e. The fourth-order valence-corrected chi connectivity index (χ4v) is 7.74. The average molecular weight is 625 g/mol. The largest absolute Gasteiger partial charge is 0.361 e. The highest BCUT2D eigenvalue weighted by Crippen LogP contribution is 2.56. The van der Waals surface area contributed by atoms with E-state index in [9.17, 15) is 0 Å². The van der Waals surface area contributed by atoms with Crippen molar-refractivity contribution in [1.82, 2.24) is 24.4 Å². The molecule has 0 unspecified atom stereocenters. The van der Waals surface area contributed by atoms with Gasteiger partial charge in [0.05, 0.1) is 28.8 Å². The molecule has 3 aromatic carbocycles. The van der Waals surface area contributed by atoms with Gasteiger partial charge in [-0.1, -0.05) is 81.4 Å². The van der Waals surface area contributed by atoms with Crippen molar-refractivity contribution >= 4 is 27.8 Å². The second-order valence-electron chi connectivity index (χ2n) is 14.0. The van der Waals surface area contributed by atoms with Crippen LogP contribution in [0.4, 0.5) is 5.69 Å². The second-order valence-corrected chi connectivity index (χ2v) is 14.0. The van der Waals surface area contributed by atoms with Crippen molar-refractivity contribution in [3.63, 3.8) is 0 Å². The summed E-state index contributed by atoms with van der Waals surface area (Å²) in [7, 11) is 2.11. The third-order valence-corrected chi connectivity index (χ3v) is 10.0. The van der Waals surface area contributed by atoms with Crippen molar-refractivity contribution < 1.29 is 0 Å². The van der Waals surface area contributed by atoms with Crippen LogP contribution >= 0.6 is 0 Å². The zero-order valence-corrected chi connectivity index (χ0v) is 27.6. The van der Waals surface area contributed by atoms with E-state index in [2.05, 4.69) is 152 Å². The SMILES string of the molecule is CN1C=CN(c2cccc(C3(c4cc(C(C)(C)C)cc(-n5c6cccnc6c6ncccc65)n4)c4ccccc4-c4ccccc43)c2)C1. The van der Waals surface area contributed by atoms with E-state index in [0.29, 0.717) is 0 Å². The molecule has 2 aliphatic rings. The molecule has 7 aromatic rings. The van der Waals surface area contributed by atoms with E-state index < -0.39 is 5.41 Å². The van der Waals surface area contributed by atoms with Gasteiger partial charge in [0.25, 0.3) is 0 Å². The lowest BCUT2D eigenvalue weighted by atomic mass is 9.69. The smallest absolute Gasteiger partial charge is 0.138 e. The molecule has 0 atom stereocenters. The molecule has 9 rings (SSSR count). The molecule has 48 heavy (non-hydrogen) atoms. The number of anilines is 1. The molecule has 0 amide bonds. The Kier molecular flexibility index (Phi) is 6.15. The summed E-state index contributed by atoms with van der Waals surface area (Å²) in [6.07, 6.45) is 7.96. The first-order chi connectivity index (χ1) is 23.3. The molecule has 0 saturated heterocycles. The first-order valence-electron chi connectivity index (χ1n) is 16.5. The van der Waals surface area contributed by atoms with E-state index in [0.717, 1.165) is 45.9 Å². The number of benzene rings is 3. The van der Waals surface area contributed by atoms with Crippen LogP contribution in [0.15, 0.2) is 134 Å². The number of hydrogen-bond donors (Lipinski definition) is 0. The molecular formula is C42H36N6. The Labute approximate surface area is 280 Å². The van der Waals surface area contributed by atoms with E-state index in [4.69, 9.17) is 15.0 Å². The normalized spacial score (nSPS) is 15.0. The Morgan fingerprint density at radius 3 is 1.92 bits per heavy atom. The zero-order chi connectivity index (χ0) is 32.6. The average Bonchev–Trinajstić information content (AvgIpc) is 3.79. The Morgan fingerprint density at radius 2 is 1.31 bits per heavy atom. The summed E-state index contributed by atoms with van der Waals surface area (Å²) in [6, 6.07) is 39.6. The Balaban J connectivity index is 1.41. The summed E-state index contributed by atoms with van der Waals surface area (Å²) in [4.78, 5) is 19.8. The van der Waals surface area contributed by atoms with Crippen molar-refractivity contribution in [1.29, 1.82) is 0 Å². The number of aromatic nitrogens is 4. The standard InChI is InChI=1S/C42H36N6/c1-41(2,3)29-25-37(45-38(26-29)48-35-18-10-20-43-39(35)40-36(48)19-11-21-44-40)42(28-12-9-13-30(24-28)47-23-22-46(4)27-47)33-16-7-5-14-31(33)32-15-6-8-17-34(32)42/h5-26H,27H2,1-4H3. The molecule has 5 heterocycles. The second kappa shape index (κ2) is 10.4. The summed E-state index contributed by atoms with van der Waals surface area (Å²) in [6.45, 7) is 7.65. The number of pyridine rings is 3. The topological polar surface area (TPSA) is 50.1 Å². The van der Waals surface area contributed by atoms with Crippen LogP contribution in [0.3, 0.4) is 0 Å². The minimum atomic E-state index is -0.663. The van der Waals surface area contributed by atoms with E-state index >= 15 is 0 Å². The van der Waals surface area contributed by atoms with E-state index in [-0.39, 0.29) is 5.41 Å². The van der Waals surface area contributed by atoms with Crippen molar-refractivity contribution in [2.24, 2.45) is 0 Å². The van der Waals surface area contributed by atoms with Crippen LogP contribution in [0.5, 0.6) is 0 Å². The van der Waals surface area contributed by atoms with Crippen LogP contribution in [0, 0.1) is 0 Å². The number of fused-ring (bicyclic) bond motifs is 6. The molecule has 6 nitrogen and oxygen atoms in total. The summed E-state index contributed by atoms with van der Waals surface area (Å²) < 4.78 is 2.24. The summed E-state index contributed by atoms with van der Waals surface area (Å²) in [5.74, 6) is 0.861. The monoisotopic (exact) mass is 624 g/mol. The van der Waals surface area contributed by atoms with Gasteiger partial charge in [-0.2, -0.15) is 0 Å². The van der Waals surface area contributed by atoms with Gasteiger partial charge in [0.2, 0.25) is 0 Å². The van der Waals surface area contributed by atoms with Gasteiger partial charge in [0, 0.05) is 37.5 Å². The summed E-state index contributed by atoms with van der Waals surface area (Å²) in [5.41, 5.74) is 12.5.